The fourth-order valence-corrected chi connectivity index (χ4v) is 1.30. The van der Waals surface area contributed by atoms with Crippen LogP contribution in [0.2, 0.25) is 0 Å². The summed E-state index contributed by atoms with van der Waals surface area (Å²) in [6.07, 6.45) is -0.267. The summed E-state index contributed by atoms with van der Waals surface area (Å²) < 4.78 is 26.1. The van der Waals surface area contributed by atoms with Gasteiger partial charge in [-0.1, -0.05) is 0 Å². The van der Waals surface area contributed by atoms with Crippen molar-refractivity contribution in [1.29, 1.82) is 0 Å². The van der Waals surface area contributed by atoms with Gasteiger partial charge in [0, 0.05) is 5.56 Å². The van der Waals surface area contributed by atoms with Gasteiger partial charge in [-0.25, -0.2) is 8.78 Å². The average Bonchev–Trinajstić information content (AvgIpc) is 2.20. The lowest BCUT2D eigenvalue weighted by Crippen LogP contribution is -2.23. The second-order valence-corrected chi connectivity index (χ2v) is 3.10. The second-order valence-electron chi connectivity index (χ2n) is 3.10. The van der Waals surface area contributed by atoms with Crippen molar-refractivity contribution in [3.8, 4) is 0 Å². The van der Waals surface area contributed by atoms with Gasteiger partial charge in [0.1, 0.15) is 11.6 Å². The molecular formula is C10H9F2NO3. The highest BCUT2D eigenvalue weighted by Crippen LogP contribution is 2.20. The predicted octanol–water partition coefficient (Wildman–Crippen LogP) is 1.23. The third-order valence-corrected chi connectivity index (χ3v) is 1.98. The van der Waals surface area contributed by atoms with E-state index in [9.17, 15) is 18.4 Å². The first-order chi connectivity index (χ1) is 7.54. The molecule has 1 unspecified atom stereocenters. The summed E-state index contributed by atoms with van der Waals surface area (Å²) in [6.45, 7) is 0. The first-order valence-electron chi connectivity index (χ1n) is 4.41. The number of carbonyl (C=O) groups excluding carboxylic acids is 1. The summed E-state index contributed by atoms with van der Waals surface area (Å²) in [5.74, 6) is -2.68. The van der Waals surface area contributed by atoms with Gasteiger partial charge in [-0.3, -0.25) is 9.59 Å². The van der Waals surface area contributed by atoms with Crippen molar-refractivity contribution in [3.05, 3.63) is 35.4 Å². The SMILES string of the molecule is O=CNC(CC(=O)O)c1cc(F)ccc1F. The lowest BCUT2D eigenvalue weighted by Gasteiger charge is -2.14. The molecule has 0 aliphatic rings. The van der Waals surface area contributed by atoms with E-state index in [2.05, 4.69) is 5.32 Å². The van der Waals surface area contributed by atoms with Crippen molar-refractivity contribution in [3.63, 3.8) is 0 Å². The van der Waals surface area contributed by atoms with Crippen LogP contribution in [0.25, 0.3) is 0 Å². The van der Waals surface area contributed by atoms with Gasteiger partial charge in [-0.15, -0.1) is 0 Å². The molecule has 0 spiro atoms. The maximum atomic E-state index is 13.3. The molecule has 2 N–H and O–H groups in total. The normalized spacial score (nSPS) is 11.9. The number of nitrogens with one attached hydrogen (secondary N) is 1. The van der Waals surface area contributed by atoms with Crippen LogP contribution in [0, 0.1) is 11.6 Å². The Kier molecular flexibility index (Phi) is 3.93. The number of benzene rings is 1. The lowest BCUT2D eigenvalue weighted by molar-refractivity contribution is -0.137. The standard InChI is InChI=1S/C10H9F2NO3/c11-6-1-2-8(12)7(3-6)9(13-5-14)4-10(15)16/h1-3,5,9H,4H2,(H,13,14)(H,15,16). The Labute approximate surface area is 89.9 Å². The van der Waals surface area contributed by atoms with Crippen LogP contribution in [0.1, 0.15) is 18.0 Å². The number of carbonyl (C=O) groups is 2. The fraction of sp³-hybridized carbons (Fsp3) is 0.200. The highest BCUT2D eigenvalue weighted by atomic mass is 19.1. The van der Waals surface area contributed by atoms with E-state index in [0.29, 0.717) is 0 Å². The van der Waals surface area contributed by atoms with Crippen molar-refractivity contribution in [2.45, 2.75) is 12.5 Å². The zero-order valence-corrected chi connectivity index (χ0v) is 8.11. The van der Waals surface area contributed by atoms with Gasteiger partial charge < -0.3 is 10.4 Å². The molecule has 0 saturated heterocycles. The maximum Gasteiger partial charge on any atom is 0.305 e. The molecule has 16 heavy (non-hydrogen) atoms. The molecule has 0 aliphatic heterocycles. The van der Waals surface area contributed by atoms with Crippen LogP contribution in [-0.2, 0) is 9.59 Å². The molecule has 1 rings (SSSR count). The number of hydrogen-bond donors (Lipinski definition) is 2. The summed E-state index contributed by atoms with van der Waals surface area (Å²) in [4.78, 5) is 20.7. The number of halogens is 2. The molecule has 0 aromatic heterocycles. The molecule has 86 valence electrons. The molecule has 1 atom stereocenters. The fourth-order valence-electron chi connectivity index (χ4n) is 1.30. The first kappa shape index (κ1) is 12.1. The van der Waals surface area contributed by atoms with Crippen molar-refractivity contribution < 1.29 is 23.5 Å². The molecule has 0 radical (unpaired) electrons. The van der Waals surface area contributed by atoms with Gasteiger partial charge in [0.15, 0.2) is 0 Å². The summed E-state index contributed by atoms with van der Waals surface area (Å²) in [6, 6.07) is 1.58. The smallest absolute Gasteiger partial charge is 0.305 e. The van der Waals surface area contributed by atoms with E-state index in [-0.39, 0.29) is 12.0 Å². The van der Waals surface area contributed by atoms with Gasteiger partial charge >= 0.3 is 5.97 Å². The highest BCUT2D eigenvalue weighted by molar-refractivity contribution is 5.68. The molecular weight excluding hydrogens is 220 g/mol. The Hall–Kier alpha value is -1.98. The van der Waals surface area contributed by atoms with Crippen molar-refractivity contribution >= 4 is 12.4 Å². The summed E-state index contributed by atoms with van der Waals surface area (Å²) in [5, 5.41) is 10.7. The molecule has 1 amide bonds. The number of rotatable bonds is 5. The van der Waals surface area contributed by atoms with Crippen LogP contribution in [0.3, 0.4) is 0 Å². The highest BCUT2D eigenvalue weighted by Gasteiger charge is 2.18. The van der Waals surface area contributed by atoms with E-state index < -0.39 is 30.1 Å². The molecule has 0 fully saturated rings. The third kappa shape index (κ3) is 3.01. The molecule has 0 bridgehead atoms. The van der Waals surface area contributed by atoms with Crippen LogP contribution < -0.4 is 5.32 Å². The zero-order valence-electron chi connectivity index (χ0n) is 8.11. The monoisotopic (exact) mass is 229 g/mol. The Morgan fingerprint density at radius 2 is 2.19 bits per heavy atom. The van der Waals surface area contributed by atoms with E-state index >= 15 is 0 Å². The van der Waals surface area contributed by atoms with Crippen molar-refractivity contribution in [2.75, 3.05) is 0 Å². The Balaban J connectivity index is 3.03. The molecule has 1 aromatic rings. The molecule has 0 saturated carbocycles. The molecule has 6 heteroatoms. The Bertz CT molecular complexity index is 409. The lowest BCUT2D eigenvalue weighted by atomic mass is 10.0. The zero-order chi connectivity index (χ0) is 12.1. The van der Waals surface area contributed by atoms with Crippen molar-refractivity contribution in [1.82, 2.24) is 5.32 Å². The first-order valence-corrected chi connectivity index (χ1v) is 4.41. The molecule has 4 nitrogen and oxygen atoms in total. The van der Waals surface area contributed by atoms with Gasteiger partial charge in [0.25, 0.3) is 0 Å². The number of carboxylic acids is 1. The molecule has 1 aromatic carbocycles. The van der Waals surface area contributed by atoms with Gasteiger partial charge in [0.2, 0.25) is 6.41 Å². The number of hydrogen-bond acceptors (Lipinski definition) is 2. The van der Waals surface area contributed by atoms with E-state index in [1.807, 2.05) is 0 Å². The number of aliphatic carboxylic acids is 1. The average molecular weight is 229 g/mol. The molecule has 0 aliphatic carbocycles. The molecule has 0 heterocycles. The van der Waals surface area contributed by atoms with Crippen LogP contribution >= 0.6 is 0 Å². The van der Waals surface area contributed by atoms with Gasteiger partial charge in [-0.2, -0.15) is 0 Å². The number of amides is 1. The van der Waals surface area contributed by atoms with Gasteiger partial charge in [-0.05, 0) is 18.2 Å². The van der Waals surface area contributed by atoms with E-state index in [1.54, 1.807) is 0 Å². The quantitative estimate of drug-likeness (QED) is 0.746. The van der Waals surface area contributed by atoms with E-state index in [0.717, 1.165) is 18.2 Å². The van der Waals surface area contributed by atoms with Crippen LogP contribution in [0.5, 0.6) is 0 Å². The minimum absolute atomic E-state index is 0.186. The predicted molar refractivity (Wildman–Crippen MR) is 50.6 cm³/mol. The Morgan fingerprint density at radius 3 is 2.75 bits per heavy atom. The minimum Gasteiger partial charge on any atom is -0.481 e. The van der Waals surface area contributed by atoms with Crippen LogP contribution in [-0.4, -0.2) is 17.5 Å². The number of carboxylic acid groups (broad SMARTS) is 1. The maximum absolute atomic E-state index is 13.3. The Morgan fingerprint density at radius 1 is 1.50 bits per heavy atom. The summed E-state index contributed by atoms with van der Waals surface area (Å²) >= 11 is 0. The second kappa shape index (κ2) is 5.20. The summed E-state index contributed by atoms with van der Waals surface area (Å²) in [5.41, 5.74) is -0.186. The largest absolute Gasteiger partial charge is 0.481 e. The van der Waals surface area contributed by atoms with E-state index in [4.69, 9.17) is 5.11 Å². The van der Waals surface area contributed by atoms with Crippen molar-refractivity contribution in [2.24, 2.45) is 0 Å². The van der Waals surface area contributed by atoms with Gasteiger partial charge in [0.05, 0.1) is 12.5 Å². The van der Waals surface area contributed by atoms with E-state index in [1.165, 1.54) is 0 Å². The third-order valence-electron chi connectivity index (χ3n) is 1.98. The van der Waals surface area contributed by atoms with Crippen LogP contribution in [0.4, 0.5) is 8.78 Å². The summed E-state index contributed by atoms with van der Waals surface area (Å²) in [7, 11) is 0. The minimum atomic E-state index is -1.22. The topological polar surface area (TPSA) is 66.4 Å². The van der Waals surface area contributed by atoms with Crippen LogP contribution in [0.15, 0.2) is 18.2 Å².